The van der Waals surface area contributed by atoms with E-state index >= 15 is 0 Å². The summed E-state index contributed by atoms with van der Waals surface area (Å²) in [5.41, 5.74) is 3.12. The predicted octanol–water partition coefficient (Wildman–Crippen LogP) is 5.98. The van der Waals surface area contributed by atoms with Crippen molar-refractivity contribution in [3.05, 3.63) is 71.3 Å². The SMILES string of the molecule is CCCCCCCC(=O)NCc1nnc(SCc2ccc(F)cc2)n1-c1ccc(C)cc1. The van der Waals surface area contributed by atoms with Gasteiger partial charge >= 0.3 is 0 Å². The number of rotatable bonds is 12. The quantitative estimate of drug-likeness (QED) is 0.270. The fraction of sp³-hybridized carbons (Fsp3) is 0.400. The van der Waals surface area contributed by atoms with Crippen molar-refractivity contribution in [3.63, 3.8) is 0 Å². The number of aromatic nitrogens is 3. The van der Waals surface area contributed by atoms with Gasteiger partial charge in [0.25, 0.3) is 0 Å². The Morgan fingerprint density at radius 3 is 2.44 bits per heavy atom. The summed E-state index contributed by atoms with van der Waals surface area (Å²) in [5.74, 6) is 1.13. The Balaban J connectivity index is 1.67. The standard InChI is InChI=1S/C25H31FN4OS/c1-3-4-5-6-7-8-24(31)27-17-23-28-29-25(30(23)22-15-9-19(2)10-16-22)32-18-20-11-13-21(26)14-12-20/h9-16H,3-8,17-18H2,1-2H3,(H,27,31). The van der Waals surface area contributed by atoms with Crippen molar-refractivity contribution in [3.8, 4) is 5.69 Å². The van der Waals surface area contributed by atoms with Gasteiger partial charge in [-0.05, 0) is 43.2 Å². The molecule has 2 aromatic carbocycles. The molecule has 0 atom stereocenters. The van der Waals surface area contributed by atoms with Gasteiger partial charge in [-0.1, -0.05) is 74.2 Å². The normalized spacial score (nSPS) is 11.0. The highest BCUT2D eigenvalue weighted by molar-refractivity contribution is 7.98. The number of unbranched alkanes of at least 4 members (excludes halogenated alkanes) is 4. The van der Waals surface area contributed by atoms with Crippen molar-refractivity contribution in [2.75, 3.05) is 0 Å². The fourth-order valence-electron chi connectivity index (χ4n) is 3.35. The first-order valence-corrected chi connectivity index (χ1v) is 12.2. The van der Waals surface area contributed by atoms with Crippen LogP contribution in [0.25, 0.3) is 5.69 Å². The molecule has 0 aliphatic heterocycles. The minimum Gasteiger partial charge on any atom is -0.349 e. The van der Waals surface area contributed by atoms with Crippen LogP contribution < -0.4 is 5.32 Å². The van der Waals surface area contributed by atoms with Gasteiger partial charge in [0.15, 0.2) is 11.0 Å². The van der Waals surface area contributed by atoms with E-state index in [0.717, 1.165) is 29.2 Å². The van der Waals surface area contributed by atoms with E-state index in [2.05, 4.69) is 22.4 Å². The Morgan fingerprint density at radius 2 is 1.72 bits per heavy atom. The molecule has 1 aromatic heterocycles. The lowest BCUT2D eigenvalue weighted by Crippen LogP contribution is -2.24. The second-order valence-corrected chi connectivity index (χ2v) is 8.87. The number of amides is 1. The number of halogens is 1. The van der Waals surface area contributed by atoms with Crippen molar-refractivity contribution in [1.29, 1.82) is 0 Å². The summed E-state index contributed by atoms with van der Waals surface area (Å²) in [6, 6.07) is 14.6. The maximum atomic E-state index is 13.2. The Bertz CT molecular complexity index is 986. The number of benzene rings is 2. The van der Waals surface area contributed by atoms with Gasteiger partial charge in [-0.2, -0.15) is 0 Å². The summed E-state index contributed by atoms with van der Waals surface area (Å²) < 4.78 is 15.2. The Kier molecular flexibility index (Phi) is 9.28. The van der Waals surface area contributed by atoms with Gasteiger partial charge in [-0.3, -0.25) is 9.36 Å². The van der Waals surface area contributed by atoms with Crippen molar-refractivity contribution in [2.24, 2.45) is 0 Å². The summed E-state index contributed by atoms with van der Waals surface area (Å²) in [6.45, 7) is 4.55. The van der Waals surface area contributed by atoms with E-state index in [1.165, 1.54) is 48.7 Å². The van der Waals surface area contributed by atoms with Crippen LogP contribution in [0.2, 0.25) is 0 Å². The average Bonchev–Trinajstić information content (AvgIpc) is 3.20. The highest BCUT2D eigenvalue weighted by Gasteiger charge is 2.15. The molecular weight excluding hydrogens is 423 g/mol. The Hall–Kier alpha value is -2.67. The number of thioether (sulfide) groups is 1. The fourth-order valence-corrected chi connectivity index (χ4v) is 4.27. The first-order chi connectivity index (χ1) is 15.6. The van der Waals surface area contributed by atoms with E-state index in [0.29, 0.717) is 24.5 Å². The van der Waals surface area contributed by atoms with Crippen LogP contribution in [-0.4, -0.2) is 20.7 Å². The zero-order chi connectivity index (χ0) is 22.8. The lowest BCUT2D eigenvalue weighted by molar-refractivity contribution is -0.121. The molecule has 1 amide bonds. The molecule has 0 radical (unpaired) electrons. The molecule has 0 fully saturated rings. The highest BCUT2D eigenvalue weighted by atomic mass is 32.2. The maximum absolute atomic E-state index is 13.2. The number of aryl methyl sites for hydroxylation is 1. The third kappa shape index (κ3) is 7.19. The van der Waals surface area contributed by atoms with E-state index in [1.54, 1.807) is 12.1 Å². The van der Waals surface area contributed by atoms with E-state index in [9.17, 15) is 9.18 Å². The second-order valence-electron chi connectivity index (χ2n) is 7.93. The van der Waals surface area contributed by atoms with E-state index in [4.69, 9.17) is 0 Å². The molecule has 1 N–H and O–H groups in total. The van der Waals surface area contributed by atoms with Crippen molar-refractivity contribution < 1.29 is 9.18 Å². The number of carbonyl (C=O) groups is 1. The molecule has 0 unspecified atom stereocenters. The van der Waals surface area contributed by atoms with Crippen LogP contribution in [-0.2, 0) is 17.1 Å². The molecular formula is C25H31FN4OS. The number of carbonyl (C=O) groups excluding carboxylic acids is 1. The molecule has 32 heavy (non-hydrogen) atoms. The van der Waals surface area contributed by atoms with E-state index in [1.807, 2.05) is 35.8 Å². The van der Waals surface area contributed by atoms with Crippen LogP contribution in [0.1, 0.15) is 62.4 Å². The van der Waals surface area contributed by atoms with E-state index in [-0.39, 0.29) is 11.7 Å². The van der Waals surface area contributed by atoms with Gasteiger partial charge < -0.3 is 5.32 Å². The lowest BCUT2D eigenvalue weighted by atomic mass is 10.1. The summed E-state index contributed by atoms with van der Waals surface area (Å²) in [5, 5.41) is 12.5. The van der Waals surface area contributed by atoms with Gasteiger partial charge in [0.1, 0.15) is 5.82 Å². The highest BCUT2D eigenvalue weighted by Crippen LogP contribution is 2.25. The first kappa shape index (κ1) is 24.0. The Morgan fingerprint density at radius 1 is 1.00 bits per heavy atom. The molecule has 3 rings (SSSR count). The zero-order valence-corrected chi connectivity index (χ0v) is 19.6. The smallest absolute Gasteiger partial charge is 0.220 e. The molecule has 170 valence electrons. The molecule has 7 heteroatoms. The molecule has 0 saturated carbocycles. The maximum Gasteiger partial charge on any atom is 0.220 e. The molecule has 0 aliphatic carbocycles. The molecule has 5 nitrogen and oxygen atoms in total. The lowest BCUT2D eigenvalue weighted by Gasteiger charge is -2.11. The minimum absolute atomic E-state index is 0.0421. The van der Waals surface area contributed by atoms with Crippen LogP contribution in [0.3, 0.4) is 0 Å². The second kappa shape index (κ2) is 12.4. The largest absolute Gasteiger partial charge is 0.349 e. The van der Waals surface area contributed by atoms with Gasteiger partial charge in [-0.15, -0.1) is 10.2 Å². The summed E-state index contributed by atoms with van der Waals surface area (Å²) in [4.78, 5) is 12.3. The van der Waals surface area contributed by atoms with Gasteiger partial charge in [-0.25, -0.2) is 4.39 Å². The molecule has 3 aromatic rings. The third-order valence-electron chi connectivity index (χ3n) is 5.22. The van der Waals surface area contributed by atoms with Crippen LogP contribution >= 0.6 is 11.8 Å². The first-order valence-electron chi connectivity index (χ1n) is 11.2. The molecule has 0 aliphatic rings. The van der Waals surface area contributed by atoms with Crippen molar-refractivity contribution >= 4 is 17.7 Å². The summed E-state index contributed by atoms with van der Waals surface area (Å²) in [7, 11) is 0. The van der Waals surface area contributed by atoms with E-state index < -0.39 is 0 Å². The Labute approximate surface area is 193 Å². The van der Waals surface area contributed by atoms with Crippen molar-refractivity contribution in [1.82, 2.24) is 20.1 Å². The topological polar surface area (TPSA) is 59.8 Å². The van der Waals surface area contributed by atoms with Crippen molar-refractivity contribution in [2.45, 2.75) is 69.8 Å². The van der Waals surface area contributed by atoms with Crippen LogP contribution in [0.15, 0.2) is 53.7 Å². The van der Waals surface area contributed by atoms with Crippen LogP contribution in [0, 0.1) is 12.7 Å². The molecule has 0 saturated heterocycles. The average molecular weight is 455 g/mol. The minimum atomic E-state index is -0.245. The van der Waals surface area contributed by atoms with Gasteiger partial charge in [0, 0.05) is 17.9 Å². The number of nitrogens with zero attached hydrogens (tertiary/aromatic N) is 3. The molecule has 1 heterocycles. The monoisotopic (exact) mass is 454 g/mol. The molecule has 0 bridgehead atoms. The number of hydrogen-bond donors (Lipinski definition) is 1. The van der Waals surface area contributed by atoms with Gasteiger partial charge in [0.05, 0.1) is 6.54 Å². The predicted molar refractivity (Wildman–Crippen MR) is 127 cm³/mol. The van der Waals surface area contributed by atoms with Crippen LogP contribution in [0.4, 0.5) is 4.39 Å². The number of hydrogen-bond acceptors (Lipinski definition) is 4. The summed E-state index contributed by atoms with van der Waals surface area (Å²) in [6.07, 6.45) is 6.14. The third-order valence-corrected chi connectivity index (χ3v) is 6.22. The number of nitrogens with one attached hydrogen (secondary N) is 1. The zero-order valence-electron chi connectivity index (χ0n) is 18.8. The molecule has 0 spiro atoms. The van der Waals surface area contributed by atoms with Gasteiger partial charge in [0.2, 0.25) is 5.91 Å². The summed E-state index contributed by atoms with van der Waals surface area (Å²) >= 11 is 1.54. The van der Waals surface area contributed by atoms with Crippen LogP contribution in [0.5, 0.6) is 0 Å².